The van der Waals surface area contributed by atoms with Gasteiger partial charge in [-0.2, -0.15) is 0 Å². The third-order valence-electron chi connectivity index (χ3n) is 4.41. The number of amides is 1. The van der Waals surface area contributed by atoms with Crippen molar-refractivity contribution in [2.24, 2.45) is 0 Å². The number of carbonyl (C=O) groups excluding carboxylic acids is 1. The van der Waals surface area contributed by atoms with Crippen molar-refractivity contribution in [1.82, 2.24) is 4.90 Å². The van der Waals surface area contributed by atoms with Crippen LogP contribution in [-0.2, 0) is 12.1 Å². The summed E-state index contributed by atoms with van der Waals surface area (Å²) in [6.07, 6.45) is 0.375. The highest BCUT2D eigenvalue weighted by Crippen LogP contribution is 2.51. The highest BCUT2D eigenvalue weighted by Gasteiger charge is 2.51. The molecule has 1 aliphatic heterocycles. The minimum Gasteiger partial charge on any atom is -0.396 e. The Hall–Kier alpha value is -1.01. The Labute approximate surface area is 170 Å². The molecule has 3 rings (SSSR count). The normalized spacial score (nSPS) is 19.2. The maximum Gasteiger partial charge on any atom is 0.258 e. The van der Waals surface area contributed by atoms with Crippen molar-refractivity contribution in [3.05, 3.63) is 67.1 Å². The Morgan fingerprint density at radius 1 is 0.962 bits per heavy atom. The van der Waals surface area contributed by atoms with Gasteiger partial charge in [0.2, 0.25) is 0 Å². The van der Waals surface area contributed by atoms with Gasteiger partial charge in [0, 0.05) is 25.1 Å². The van der Waals surface area contributed by atoms with E-state index >= 15 is 0 Å². The molecule has 0 fully saturated rings. The van der Waals surface area contributed by atoms with Crippen molar-refractivity contribution in [1.29, 1.82) is 0 Å². The van der Waals surface area contributed by atoms with Crippen molar-refractivity contribution in [3.63, 3.8) is 0 Å². The van der Waals surface area contributed by atoms with Crippen molar-refractivity contribution in [2.45, 2.75) is 18.6 Å². The van der Waals surface area contributed by atoms with E-state index in [4.69, 9.17) is 46.4 Å². The van der Waals surface area contributed by atoms with Gasteiger partial charge in [-0.1, -0.05) is 76.7 Å². The van der Waals surface area contributed by atoms with E-state index in [1.807, 2.05) is 30.3 Å². The Kier molecular flexibility index (Phi) is 5.73. The van der Waals surface area contributed by atoms with Gasteiger partial charge in [-0.3, -0.25) is 4.79 Å². The van der Waals surface area contributed by atoms with Crippen molar-refractivity contribution < 1.29 is 15.0 Å². The number of aliphatic hydroxyl groups is 2. The van der Waals surface area contributed by atoms with Gasteiger partial charge in [0.05, 0.1) is 25.7 Å². The molecule has 1 heterocycles. The summed E-state index contributed by atoms with van der Waals surface area (Å²) in [6, 6.07) is 9.18. The summed E-state index contributed by atoms with van der Waals surface area (Å²) in [5.41, 5.74) is -0.770. The van der Waals surface area contributed by atoms with Crippen LogP contribution in [0.2, 0.25) is 20.1 Å². The number of benzene rings is 2. The lowest BCUT2D eigenvalue weighted by Gasteiger charge is -2.35. The standard InChI is InChI=1S/C18H15Cl4NO3/c19-13-11-12(14(20)16(22)15(13)21)18(26,9-10-5-2-1-3-6-10)23(17(11)25)7-4-8-24/h1-3,5-6,24,26H,4,7-9H2/t18-/m0/s1. The van der Waals surface area contributed by atoms with E-state index in [0.717, 1.165) is 5.56 Å². The second kappa shape index (κ2) is 7.55. The molecule has 0 saturated carbocycles. The molecule has 26 heavy (non-hydrogen) atoms. The first-order valence-corrected chi connectivity index (χ1v) is 9.39. The molecule has 1 aliphatic rings. The second-order valence-electron chi connectivity index (χ2n) is 6.02. The summed E-state index contributed by atoms with van der Waals surface area (Å²) >= 11 is 24.9. The molecule has 2 N–H and O–H groups in total. The smallest absolute Gasteiger partial charge is 0.258 e. The third kappa shape index (κ3) is 3.09. The number of rotatable bonds is 5. The first-order valence-electron chi connectivity index (χ1n) is 7.88. The van der Waals surface area contributed by atoms with E-state index < -0.39 is 11.6 Å². The molecule has 0 bridgehead atoms. The van der Waals surface area contributed by atoms with Gasteiger partial charge in [-0.15, -0.1) is 0 Å². The fourth-order valence-electron chi connectivity index (χ4n) is 3.23. The summed E-state index contributed by atoms with van der Waals surface area (Å²) < 4.78 is 0. The molecular formula is C18H15Cl4NO3. The van der Waals surface area contributed by atoms with Gasteiger partial charge in [0.1, 0.15) is 0 Å². The molecule has 0 aromatic heterocycles. The van der Waals surface area contributed by atoms with Crippen LogP contribution in [0.15, 0.2) is 30.3 Å². The zero-order chi connectivity index (χ0) is 19.1. The van der Waals surface area contributed by atoms with E-state index in [1.54, 1.807) is 0 Å². The Bertz CT molecular complexity index is 860. The van der Waals surface area contributed by atoms with Crippen molar-refractivity contribution >= 4 is 52.3 Å². The van der Waals surface area contributed by atoms with Gasteiger partial charge in [-0.25, -0.2) is 0 Å². The lowest BCUT2D eigenvalue weighted by atomic mass is 9.94. The predicted molar refractivity (Wildman–Crippen MR) is 103 cm³/mol. The van der Waals surface area contributed by atoms with Crippen LogP contribution >= 0.6 is 46.4 Å². The molecule has 0 aliphatic carbocycles. The number of carbonyl (C=O) groups is 1. The molecule has 1 amide bonds. The Morgan fingerprint density at radius 3 is 2.19 bits per heavy atom. The molecule has 2 aromatic carbocycles. The SMILES string of the molecule is O=C1c2c(Cl)c(Cl)c(Cl)c(Cl)c2[C@@](O)(Cc2ccccc2)N1CCCO. The number of fused-ring (bicyclic) bond motifs is 1. The van der Waals surface area contributed by atoms with E-state index in [0.29, 0.717) is 0 Å². The van der Waals surface area contributed by atoms with Crippen molar-refractivity contribution in [2.75, 3.05) is 13.2 Å². The fourth-order valence-corrected chi connectivity index (χ4v) is 4.31. The topological polar surface area (TPSA) is 60.8 Å². The molecule has 1 atom stereocenters. The van der Waals surface area contributed by atoms with Gasteiger partial charge >= 0.3 is 0 Å². The zero-order valence-electron chi connectivity index (χ0n) is 13.5. The lowest BCUT2D eigenvalue weighted by molar-refractivity contribution is -0.0847. The minimum absolute atomic E-state index is 0.00523. The number of hydrogen-bond acceptors (Lipinski definition) is 3. The van der Waals surface area contributed by atoms with Gasteiger partial charge in [0.15, 0.2) is 5.72 Å². The van der Waals surface area contributed by atoms with E-state index in [9.17, 15) is 15.0 Å². The van der Waals surface area contributed by atoms with Crippen molar-refractivity contribution in [3.8, 4) is 0 Å². The molecule has 8 heteroatoms. The zero-order valence-corrected chi connectivity index (χ0v) is 16.5. The number of aliphatic hydroxyl groups excluding tert-OH is 1. The van der Waals surface area contributed by atoms with Crippen LogP contribution in [0.5, 0.6) is 0 Å². The van der Waals surface area contributed by atoms with Crippen LogP contribution in [0.25, 0.3) is 0 Å². The lowest BCUT2D eigenvalue weighted by Crippen LogP contribution is -2.46. The minimum atomic E-state index is -1.75. The average Bonchev–Trinajstić information content (AvgIpc) is 2.84. The van der Waals surface area contributed by atoms with E-state index in [2.05, 4.69) is 0 Å². The third-order valence-corrected chi connectivity index (χ3v) is 6.21. The van der Waals surface area contributed by atoms with Crippen LogP contribution in [0, 0.1) is 0 Å². The molecule has 0 unspecified atom stereocenters. The van der Waals surface area contributed by atoms with Gasteiger partial charge in [-0.05, 0) is 12.0 Å². The quantitative estimate of drug-likeness (QED) is 0.536. The highest BCUT2D eigenvalue weighted by atomic mass is 35.5. The van der Waals surface area contributed by atoms with Gasteiger partial charge < -0.3 is 15.1 Å². The number of nitrogens with zero attached hydrogens (tertiary/aromatic N) is 1. The molecular weight excluding hydrogens is 420 g/mol. The molecule has 0 radical (unpaired) electrons. The summed E-state index contributed by atoms with van der Waals surface area (Å²) in [4.78, 5) is 14.2. The fraction of sp³-hybridized carbons (Fsp3) is 0.278. The van der Waals surface area contributed by atoms with Crippen LogP contribution < -0.4 is 0 Å². The van der Waals surface area contributed by atoms with Crippen LogP contribution in [0.3, 0.4) is 0 Å². The first kappa shape index (κ1) is 19.7. The summed E-state index contributed by atoms with van der Waals surface area (Å²) in [6.45, 7) is -0.0141. The highest BCUT2D eigenvalue weighted by molar-refractivity contribution is 6.53. The van der Waals surface area contributed by atoms with Crippen LogP contribution in [0.4, 0.5) is 0 Å². The maximum atomic E-state index is 13.0. The monoisotopic (exact) mass is 433 g/mol. The van der Waals surface area contributed by atoms with Crippen LogP contribution in [-0.4, -0.2) is 34.2 Å². The molecule has 138 valence electrons. The van der Waals surface area contributed by atoms with Gasteiger partial charge in [0.25, 0.3) is 5.91 Å². The summed E-state index contributed by atoms with van der Waals surface area (Å²) in [5, 5.41) is 20.6. The molecule has 0 spiro atoms. The molecule has 0 saturated heterocycles. The molecule has 4 nitrogen and oxygen atoms in total. The summed E-state index contributed by atoms with van der Waals surface area (Å²) in [5.74, 6) is -0.502. The maximum absolute atomic E-state index is 13.0. The first-order chi connectivity index (χ1) is 12.3. The Morgan fingerprint density at radius 2 is 1.58 bits per heavy atom. The predicted octanol–water partition coefficient (Wildman–Crippen LogP) is 4.53. The second-order valence-corrected chi connectivity index (χ2v) is 7.53. The number of hydrogen-bond donors (Lipinski definition) is 2. The van der Waals surface area contributed by atoms with Crippen LogP contribution in [0.1, 0.15) is 27.9 Å². The Balaban J connectivity index is 2.22. The average molecular weight is 435 g/mol. The summed E-state index contributed by atoms with van der Waals surface area (Å²) in [7, 11) is 0. The molecule has 2 aromatic rings. The number of halogens is 4. The van der Waals surface area contributed by atoms with E-state index in [-0.39, 0.29) is 57.2 Å². The largest absolute Gasteiger partial charge is 0.396 e. The van der Waals surface area contributed by atoms with E-state index in [1.165, 1.54) is 4.90 Å².